The van der Waals surface area contributed by atoms with Crippen molar-refractivity contribution in [3.63, 3.8) is 0 Å². The molecule has 0 atom stereocenters. The fraction of sp³-hybridized carbons (Fsp3) is 0.231. The number of nitrogens with zero attached hydrogens (tertiary/aromatic N) is 2. The highest BCUT2D eigenvalue weighted by molar-refractivity contribution is 6.32. The van der Waals surface area contributed by atoms with E-state index in [9.17, 15) is 0 Å². The molecule has 0 unspecified atom stereocenters. The molecule has 1 N–H and O–H groups in total. The Bertz CT molecular complexity index is 526. The summed E-state index contributed by atoms with van der Waals surface area (Å²) in [4.78, 5) is 7.80. The maximum atomic E-state index is 5.97. The summed E-state index contributed by atoms with van der Waals surface area (Å²) in [6, 6.07) is 8.29. The van der Waals surface area contributed by atoms with Gasteiger partial charge in [0.05, 0.1) is 0 Å². The van der Waals surface area contributed by atoms with Crippen molar-refractivity contribution in [2.24, 2.45) is 0 Å². The van der Waals surface area contributed by atoms with E-state index in [0.29, 0.717) is 11.7 Å². The molecule has 0 amide bonds. The lowest BCUT2D eigenvalue weighted by Gasteiger charge is -2.08. The fourth-order valence-electron chi connectivity index (χ4n) is 1.54. The first-order chi connectivity index (χ1) is 8.69. The summed E-state index contributed by atoms with van der Waals surface area (Å²) < 4.78 is 0. The van der Waals surface area contributed by atoms with Crippen LogP contribution in [0.5, 0.6) is 0 Å². The molecule has 0 fully saturated rings. The highest BCUT2D eigenvalue weighted by Gasteiger charge is 2.03. The van der Waals surface area contributed by atoms with Crippen LogP contribution < -0.4 is 5.32 Å². The molecule has 0 saturated heterocycles. The van der Waals surface area contributed by atoms with Crippen LogP contribution in [0.2, 0.25) is 10.4 Å². The number of benzene rings is 1. The first-order valence-corrected chi connectivity index (χ1v) is 6.44. The number of halogens is 2. The van der Waals surface area contributed by atoms with Gasteiger partial charge in [-0.2, -0.15) is 0 Å². The van der Waals surface area contributed by atoms with Gasteiger partial charge in [-0.3, -0.25) is 0 Å². The predicted octanol–water partition coefficient (Wildman–Crippen LogP) is 3.96. The summed E-state index contributed by atoms with van der Waals surface area (Å²) in [6.45, 7) is 2.70. The monoisotopic (exact) mass is 281 g/mol. The van der Waals surface area contributed by atoms with Gasteiger partial charge in [-0.15, -0.1) is 0 Å². The van der Waals surface area contributed by atoms with Gasteiger partial charge in [0.15, 0.2) is 0 Å². The molecule has 1 aromatic carbocycles. The van der Waals surface area contributed by atoms with Crippen molar-refractivity contribution in [1.82, 2.24) is 9.97 Å². The number of rotatable bonds is 4. The molecule has 0 radical (unpaired) electrons. The van der Waals surface area contributed by atoms with Gasteiger partial charge in [-0.1, -0.05) is 30.7 Å². The van der Waals surface area contributed by atoms with Crippen molar-refractivity contribution >= 4 is 28.9 Å². The van der Waals surface area contributed by atoms with Crippen molar-refractivity contribution in [2.75, 3.05) is 5.32 Å². The zero-order valence-corrected chi connectivity index (χ0v) is 11.5. The van der Waals surface area contributed by atoms with Gasteiger partial charge < -0.3 is 5.32 Å². The number of aryl methyl sites for hydroxylation is 1. The zero-order valence-electron chi connectivity index (χ0n) is 9.95. The van der Waals surface area contributed by atoms with E-state index in [1.54, 1.807) is 6.20 Å². The first-order valence-electron chi connectivity index (χ1n) is 5.68. The third kappa shape index (κ3) is 3.34. The van der Waals surface area contributed by atoms with Crippen LogP contribution in [0.1, 0.15) is 18.1 Å². The van der Waals surface area contributed by atoms with Gasteiger partial charge in [0, 0.05) is 24.0 Å². The van der Waals surface area contributed by atoms with Crippen LogP contribution in [0.15, 0.2) is 30.5 Å². The highest BCUT2D eigenvalue weighted by Crippen LogP contribution is 2.16. The topological polar surface area (TPSA) is 37.8 Å². The van der Waals surface area contributed by atoms with Gasteiger partial charge >= 0.3 is 0 Å². The first kappa shape index (κ1) is 13.1. The molecule has 5 heteroatoms. The van der Waals surface area contributed by atoms with E-state index in [2.05, 4.69) is 34.3 Å². The van der Waals surface area contributed by atoms with Crippen molar-refractivity contribution < 1.29 is 0 Å². The van der Waals surface area contributed by atoms with Gasteiger partial charge in [-0.05, 0) is 35.7 Å². The molecule has 0 aliphatic rings. The molecule has 2 aromatic rings. The number of aromatic nitrogens is 2. The van der Waals surface area contributed by atoms with E-state index in [1.807, 2.05) is 12.1 Å². The average molecular weight is 282 g/mol. The maximum absolute atomic E-state index is 5.97. The summed E-state index contributed by atoms with van der Waals surface area (Å²) in [7, 11) is 0. The molecule has 3 nitrogen and oxygen atoms in total. The fourth-order valence-corrected chi connectivity index (χ4v) is 1.91. The van der Waals surface area contributed by atoms with Crippen LogP contribution in [0.25, 0.3) is 0 Å². The second-order valence-electron chi connectivity index (χ2n) is 3.86. The summed E-state index contributed by atoms with van der Waals surface area (Å²) >= 11 is 11.6. The Hall–Kier alpha value is -1.32. The molecule has 0 aliphatic carbocycles. The van der Waals surface area contributed by atoms with Crippen molar-refractivity contribution in [2.45, 2.75) is 19.9 Å². The predicted molar refractivity (Wildman–Crippen MR) is 75.2 cm³/mol. The van der Waals surface area contributed by atoms with Crippen LogP contribution in [-0.2, 0) is 13.0 Å². The van der Waals surface area contributed by atoms with Crippen molar-refractivity contribution in [3.05, 3.63) is 52.0 Å². The summed E-state index contributed by atoms with van der Waals surface area (Å²) in [5.74, 6) is 0. The highest BCUT2D eigenvalue weighted by atomic mass is 35.5. The Morgan fingerprint density at radius 3 is 2.50 bits per heavy atom. The van der Waals surface area contributed by atoms with E-state index in [4.69, 9.17) is 23.2 Å². The lowest BCUT2D eigenvalue weighted by atomic mass is 10.1. The number of hydrogen-bond donors (Lipinski definition) is 1. The number of hydrogen-bond acceptors (Lipinski definition) is 3. The molecule has 0 bridgehead atoms. The third-order valence-electron chi connectivity index (χ3n) is 2.63. The smallest absolute Gasteiger partial charge is 0.223 e. The lowest BCUT2D eigenvalue weighted by molar-refractivity contribution is 1.05. The quantitative estimate of drug-likeness (QED) is 0.681. The largest absolute Gasteiger partial charge is 0.381 e. The van der Waals surface area contributed by atoms with Gasteiger partial charge in [0.25, 0.3) is 0 Å². The molecule has 0 spiro atoms. The molecule has 18 heavy (non-hydrogen) atoms. The SMILES string of the molecule is CCc1ccc(NCc2cnc(Cl)nc2Cl)cc1. The van der Waals surface area contributed by atoms with Crippen LogP contribution >= 0.6 is 23.2 Å². The maximum Gasteiger partial charge on any atom is 0.223 e. The molecule has 2 rings (SSSR count). The Morgan fingerprint density at radius 2 is 1.89 bits per heavy atom. The minimum atomic E-state index is 0.163. The van der Waals surface area contributed by atoms with Gasteiger partial charge in [0.1, 0.15) is 5.15 Å². The zero-order chi connectivity index (χ0) is 13.0. The molecule has 94 valence electrons. The molecule has 0 saturated carbocycles. The van der Waals surface area contributed by atoms with Crippen LogP contribution in [0.4, 0.5) is 5.69 Å². The molecular weight excluding hydrogens is 269 g/mol. The number of nitrogens with one attached hydrogen (secondary N) is 1. The normalized spacial score (nSPS) is 10.4. The lowest BCUT2D eigenvalue weighted by Crippen LogP contribution is -2.02. The minimum Gasteiger partial charge on any atom is -0.381 e. The van der Waals surface area contributed by atoms with E-state index in [0.717, 1.165) is 17.7 Å². The number of anilines is 1. The van der Waals surface area contributed by atoms with Crippen molar-refractivity contribution in [1.29, 1.82) is 0 Å². The molecule has 0 aliphatic heterocycles. The van der Waals surface area contributed by atoms with Crippen LogP contribution in [-0.4, -0.2) is 9.97 Å². The van der Waals surface area contributed by atoms with Crippen LogP contribution in [0.3, 0.4) is 0 Å². The standard InChI is InChI=1S/C13H13Cl2N3/c1-2-9-3-5-11(6-4-9)16-7-10-8-17-13(15)18-12(10)14/h3-6,8,16H,2,7H2,1H3. The summed E-state index contributed by atoms with van der Waals surface area (Å²) in [6.07, 6.45) is 2.67. The third-order valence-corrected chi connectivity index (χ3v) is 3.14. The Kier molecular flexibility index (Phi) is 4.39. The summed E-state index contributed by atoms with van der Waals surface area (Å²) in [5.41, 5.74) is 3.17. The summed E-state index contributed by atoms with van der Waals surface area (Å²) in [5, 5.41) is 3.81. The van der Waals surface area contributed by atoms with E-state index >= 15 is 0 Å². The Labute approximate surface area is 116 Å². The Balaban J connectivity index is 2.02. The van der Waals surface area contributed by atoms with Crippen molar-refractivity contribution in [3.8, 4) is 0 Å². The van der Waals surface area contributed by atoms with Gasteiger partial charge in [0.2, 0.25) is 5.28 Å². The van der Waals surface area contributed by atoms with E-state index in [1.165, 1.54) is 5.56 Å². The second-order valence-corrected chi connectivity index (χ2v) is 4.56. The molecule has 1 heterocycles. The van der Waals surface area contributed by atoms with E-state index in [-0.39, 0.29) is 5.28 Å². The molecule has 1 aromatic heterocycles. The Morgan fingerprint density at radius 1 is 1.17 bits per heavy atom. The van der Waals surface area contributed by atoms with E-state index < -0.39 is 0 Å². The molecular formula is C13H13Cl2N3. The van der Waals surface area contributed by atoms with Gasteiger partial charge in [-0.25, -0.2) is 9.97 Å². The average Bonchev–Trinajstić information content (AvgIpc) is 2.38. The minimum absolute atomic E-state index is 0.163. The van der Waals surface area contributed by atoms with Crippen LogP contribution in [0, 0.1) is 0 Å². The second kappa shape index (κ2) is 6.03.